The second-order valence-electron chi connectivity index (χ2n) is 5.75. The molecule has 0 spiro atoms. The van der Waals surface area contributed by atoms with Gasteiger partial charge in [0, 0.05) is 43.3 Å². The summed E-state index contributed by atoms with van der Waals surface area (Å²) in [5.41, 5.74) is 3.48. The molecule has 3 heterocycles. The van der Waals surface area contributed by atoms with Crippen molar-refractivity contribution in [3.05, 3.63) is 42.0 Å². The lowest BCUT2D eigenvalue weighted by Gasteiger charge is -2.32. The van der Waals surface area contributed by atoms with Gasteiger partial charge in [-0.1, -0.05) is 0 Å². The Morgan fingerprint density at radius 2 is 2.14 bits per heavy atom. The summed E-state index contributed by atoms with van der Waals surface area (Å²) in [5.74, 6) is 0. The Morgan fingerprint density at radius 3 is 2.90 bits per heavy atom. The minimum atomic E-state index is 0.620. The highest BCUT2D eigenvalue weighted by Crippen LogP contribution is 2.17. The second kappa shape index (κ2) is 6.37. The summed E-state index contributed by atoms with van der Waals surface area (Å²) in [7, 11) is 2.06. The molecule has 2 aromatic rings. The van der Waals surface area contributed by atoms with Crippen LogP contribution >= 0.6 is 0 Å². The summed E-state index contributed by atoms with van der Waals surface area (Å²) >= 11 is 0. The summed E-state index contributed by atoms with van der Waals surface area (Å²) in [6.45, 7) is 5.37. The Morgan fingerprint density at radius 1 is 1.33 bits per heavy atom. The minimum Gasteiger partial charge on any atom is -0.316 e. The summed E-state index contributed by atoms with van der Waals surface area (Å²) in [5, 5.41) is 8.03. The molecule has 1 aliphatic heterocycles. The summed E-state index contributed by atoms with van der Waals surface area (Å²) in [6.07, 6.45) is 8.29. The van der Waals surface area contributed by atoms with Crippen LogP contribution < -0.4 is 5.32 Å². The Bertz CT molecular complexity index is 578. The third kappa shape index (κ3) is 3.31. The molecule has 112 valence electrons. The van der Waals surface area contributed by atoms with E-state index in [0.29, 0.717) is 6.04 Å². The Balaban J connectivity index is 1.73. The molecule has 1 aliphatic rings. The lowest BCUT2D eigenvalue weighted by Crippen LogP contribution is -2.43. The maximum atomic E-state index is 4.63. The average molecular weight is 285 g/mol. The van der Waals surface area contributed by atoms with Crippen LogP contribution in [0.4, 0.5) is 0 Å². The normalized spacial score (nSPS) is 19.8. The van der Waals surface area contributed by atoms with Gasteiger partial charge in [-0.25, -0.2) is 4.68 Å². The van der Waals surface area contributed by atoms with Crippen LogP contribution in [-0.2, 0) is 6.54 Å². The highest BCUT2D eigenvalue weighted by molar-refractivity contribution is 5.30. The van der Waals surface area contributed by atoms with Gasteiger partial charge in [0.25, 0.3) is 0 Å². The van der Waals surface area contributed by atoms with Gasteiger partial charge in [0.15, 0.2) is 0 Å². The van der Waals surface area contributed by atoms with Crippen molar-refractivity contribution >= 4 is 0 Å². The molecule has 5 nitrogen and oxygen atoms in total. The highest BCUT2D eigenvalue weighted by atomic mass is 15.3. The summed E-state index contributed by atoms with van der Waals surface area (Å²) in [6, 6.07) is 4.58. The maximum absolute atomic E-state index is 4.63. The van der Waals surface area contributed by atoms with Crippen molar-refractivity contribution in [2.45, 2.75) is 32.4 Å². The zero-order valence-corrected chi connectivity index (χ0v) is 12.8. The minimum absolute atomic E-state index is 0.620. The van der Waals surface area contributed by atoms with Gasteiger partial charge in [0.2, 0.25) is 0 Å². The molecule has 1 unspecified atom stereocenters. The van der Waals surface area contributed by atoms with Crippen molar-refractivity contribution in [1.29, 1.82) is 0 Å². The number of pyridine rings is 1. The van der Waals surface area contributed by atoms with E-state index in [9.17, 15) is 0 Å². The lowest BCUT2D eigenvalue weighted by atomic mass is 10.1. The van der Waals surface area contributed by atoms with E-state index in [-0.39, 0.29) is 0 Å². The number of nitrogens with zero attached hydrogens (tertiary/aromatic N) is 4. The third-order valence-electron chi connectivity index (χ3n) is 4.24. The van der Waals surface area contributed by atoms with Crippen LogP contribution in [0.3, 0.4) is 0 Å². The number of piperidine rings is 1. The van der Waals surface area contributed by atoms with Gasteiger partial charge in [-0.15, -0.1) is 0 Å². The van der Waals surface area contributed by atoms with Gasteiger partial charge in [-0.2, -0.15) is 5.10 Å². The van der Waals surface area contributed by atoms with Crippen LogP contribution in [0.1, 0.15) is 24.1 Å². The molecule has 1 N–H and O–H groups in total. The fourth-order valence-electron chi connectivity index (χ4n) is 2.96. The van der Waals surface area contributed by atoms with Gasteiger partial charge < -0.3 is 5.32 Å². The van der Waals surface area contributed by atoms with Crippen molar-refractivity contribution < 1.29 is 0 Å². The smallest absolute Gasteiger partial charge is 0.0676 e. The van der Waals surface area contributed by atoms with Crippen molar-refractivity contribution in [2.24, 2.45) is 0 Å². The SMILES string of the molecule is CNC1CCCN(Cc2cn(-c3ccncc3)nc2C)C1. The number of hydrogen-bond donors (Lipinski definition) is 1. The monoisotopic (exact) mass is 285 g/mol. The number of hydrogen-bond acceptors (Lipinski definition) is 4. The van der Waals surface area contributed by atoms with Gasteiger partial charge in [-0.05, 0) is 45.5 Å². The molecule has 0 bridgehead atoms. The maximum Gasteiger partial charge on any atom is 0.0676 e. The third-order valence-corrected chi connectivity index (χ3v) is 4.24. The Hall–Kier alpha value is -1.72. The first-order chi connectivity index (χ1) is 10.3. The van der Waals surface area contributed by atoms with E-state index in [1.807, 2.05) is 16.8 Å². The average Bonchev–Trinajstić information content (AvgIpc) is 2.89. The van der Waals surface area contributed by atoms with E-state index in [1.165, 1.54) is 24.9 Å². The first-order valence-electron chi connectivity index (χ1n) is 7.61. The van der Waals surface area contributed by atoms with E-state index in [1.54, 1.807) is 12.4 Å². The number of aryl methyl sites for hydroxylation is 1. The molecule has 1 fully saturated rings. The molecule has 21 heavy (non-hydrogen) atoms. The quantitative estimate of drug-likeness (QED) is 0.930. The molecular formula is C16H23N5. The first-order valence-corrected chi connectivity index (χ1v) is 7.61. The Kier molecular flexibility index (Phi) is 4.31. The molecule has 0 radical (unpaired) electrons. The molecule has 2 aromatic heterocycles. The number of likely N-dealkylation sites (N-methyl/N-ethyl adjacent to an activating group) is 1. The molecule has 0 aromatic carbocycles. The van der Waals surface area contributed by atoms with E-state index in [4.69, 9.17) is 0 Å². The first kappa shape index (κ1) is 14.2. The molecule has 1 atom stereocenters. The van der Waals surface area contributed by atoms with Crippen LogP contribution in [0.5, 0.6) is 0 Å². The molecular weight excluding hydrogens is 262 g/mol. The largest absolute Gasteiger partial charge is 0.316 e. The fourth-order valence-corrected chi connectivity index (χ4v) is 2.96. The summed E-state index contributed by atoms with van der Waals surface area (Å²) < 4.78 is 1.95. The zero-order chi connectivity index (χ0) is 14.7. The van der Waals surface area contributed by atoms with E-state index in [2.05, 4.69) is 40.5 Å². The summed E-state index contributed by atoms with van der Waals surface area (Å²) in [4.78, 5) is 6.57. The highest BCUT2D eigenvalue weighted by Gasteiger charge is 2.19. The topological polar surface area (TPSA) is 46.0 Å². The Labute approximate surface area is 126 Å². The number of nitrogens with one attached hydrogen (secondary N) is 1. The molecule has 0 aliphatic carbocycles. The van der Waals surface area contributed by atoms with Crippen LogP contribution in [0, 0.1) is 6.92 Å². The van der Waals surface area contributed by atoms with Crippen molar-refractivity contribution in [1.82, 2.24) is 25.0 Å². The van der Waals surface area contributed by atoms with Crippen LogP contribution in [0.2, 0.25) is 0 Å². The molecule has 5 heteroatoms. The van der Waals surface area contributed by atoms with Gasteiger partial charge in [0.05, 0.1) is 11.4 Å². The molecule has 1 saturated heterocycles. The zero-order valence-electron chi connectivity index (χ0n) is 12.8. The van der Waals surface area contributed by atoms with Crippen LogP contribution in [0.15, 0.2) is 30.7 Å². The fraction of sp³-hybridized carbons (Fsp3) is 0.500. The standard InChI is InChI=1S/C16H23N5/c1-13-14(10-20-9-3-4-15(12-20)17-2)11-21(19-13)16-5-7-18-8-6-16/h5-8,11,15,17H,3-4,9-10,12H2,1-2H3. The molecule has 0 saturated carbocycles. The van der Waals surface area contributed by atoms with Crippen LogP contribution in [-0.4, -0.2) is 45.8 Å². The molecule has 0 amide bonds. The second-order valence-corrected chi connectivity index (χ2v) is 5.75. The van der Waals surface area contributed by atoms with Gasteiger partial charge >= 0.3 is 0 Å². The predicted octanol–water partition coefficient (Wildman–Crippen LogP) is 1.76. The van der Waals surface area contributed by atoms with Crippen molar-refractivity contribution in [3.8, 4) is 5.69 Å². The van der Waals surface area contributed by atoms with Gasteiger partial charge in [0.1, 0.15) is 0 Å². The lowest BCUT2D eigenvalue weighted by molar-refractivity contribution is 0.187. The number of rotatable bonds is 4. The van der Waals surface area contributed by atoms with Crippen LogP contribution in [0.25, 0.3) is 5.69 Å². The van der Waals surface area contributed by atoms with Crippen molar-refractivity contribution in [2.75, 3.05) is 20.1 Å². The van der Waals surface area contributed by atoms with Gasteiger partial charge in [-0.3, -0.25) is 9.88 Å². The van der Waals surface area contributed by atoms with E-state index in [0.717, 1.165) is 24.5 Å². The van der Waals surface area contributed by atoms with Crippen molar-refractivity contribution in [3.63, 3.8) is 0 Å². The predicted molar refractivity (Wildman–Crippen MR) is 83.5 cm³/mol. The van der Waals surface area contributed by atoms with E-state index >= 15 is 0 Å². The molecule has 3 rings (SSSR count). The number of likely N-dealkylation sites (tertiary alicyclic amines) is 1. The number of aromatic nitrogens is 3. The van der Waals surface area contributed by atoms with E-state index < -0.39 is 0 Å².